The van der Waals surface area contributed by atoms with Crippen LogP contribution in [0.15, 0.2) is 12.2 Å². The smallest absolute Gasteiger partial charge is 0.220 e. The number of aliphatic hydroxyl groups excluding tert-OH is 2. The molecule has 38 heavy (non-hydrogen) atoms. The molecule has 0 aliphatic rings. The molecule has 2 atom stereocenters. The second kappa shape index (κ2) is 30.7. The van der Waals surface area contributed by atoms with Crippen LogP contribution >= 0.6 is 0 Å². The highest BCUT2D eigenvalue weighted by atomic mass is 16.3. The lowest BCUT2D eigenvalue weighted by molar-refractivity contribution is -0.123. The van der Waals surface area contributed by atoms with E-state index in [2.05, 4.69) is 31.3 Å². The van der Waals surface area contributed by atoms with E-state index in [0.29, 0.717) is 12.8 Å². The van der Waals surface area contributed by atoms with Gasteiger partial charge >= 0.3 is 0 Å². The SMILES string of the molecule is CCCCCCCC/C=C\CCCCCC(=O)NC(CO)C(O)CCCCCCCCCCCCCCC. The number of aliphatic hydroxyl groups is 2. The molecule has 0 saturated heterocycles. The standard InChI is InChI=1S/C34H67NO3/c1-3-5-7-9-11-13-15-17-19-21-23-25-27-29-33(37)32(31-36)35-34(38)30-28-26-24-22-20-18-16-14-12-10-8-6-4-2/h18,20,32-33,36-37H,3-17,19,21-31H2,1-2H3,(H,35,38)/b20-18-. The first kappa shape index (κ1) is 37.1. The number of carbonyl (C=O) groups excluding carboxylic acids is 1. The highest BCUT2D eigenvalue weighted by molar-refractivity contribution is 5.76. The van der Waals surface area contributed by atoms with E-state index in [1.807, 2.05) is 0 Å². The summed E-state index contributed by atoms with van der Waals surface area (Å²) < 4.78 is 0. The largest absolute Gasteiger partial charge is 0.394 e. The summed E-state index contributed by atoms with van der Waals surface area (Å²) in [5.74, 6) is -0.0490. The van der Waals surface area contributed by atoms with Gasteiger partial charge in [-0.2, -0.15) is 0 Å². The van der Waals surface area contributed by atoms with Gasteiger partial charge in [-0.1, -0.05) is 148 Å². The van der Waals surface area contributed by atoms with Crippen LogP contribution in [0.3, 0.4) is 0 Å². The molecule has 0 aliphatic heterocycles. The molecular weight excluding hydrogens is 470 g/mol. The monoisotopic (exact) mass is 538 g/mol. The Morgan fingerprint density at radius 3 is 1.45 bits per heavy atom. The van der Waals surface area contributed by atoms with Gasteiger partial charge in [-0.3, -0.25) is 4.79 Å². The second-order valence-electron chi connectivity index (χ2n) is 11.6. The van der Waals surface area contributed by atoms with E-state index in [1.54, 1.807) is 0 Å². The van der Waals surface area contributed by atoms with Crippen LogP contribution < -0.4 is 5.32 Å². The molecule has 0 aliphatic carbocycles. The quantitative estimate of drug-likeness (QED) is 0.0631. The van der Waals surface area contributed by atoms with Gasteiger partial charge in [0, 0.05) is 6.42 Å². The molecule has 1 amide bonds. The fraction of sp³-hybridized carbons (Fsp3) is 0.912. The highest BCUT2D eigenvalue weighted by Crippen LogP contribution is 2.14. The molecule has 3 N–H and O–H groups in total. The van der Waals surface area contributed by atoms with E-state index in [4.69, 9.17) is 0 Å². The number of hydrogen-bond acceptors (Lipinski definition) is 3. The zero-order valence-electron chi connectivity index (χ0n) is 25.7. The highest BCUT2D eigenvalue weighted by Gasteiger charge is 2.19. The van der Waals surface area contributed by atoms with Crippen LogP contribution in [-0.2, 0) is 4.79 Å². The molecule has 0 saturated carbocycles. The van der Waals surface area contributed by atoms with Crippen molar-refractivity contribution in [1.82, 2.24) is 5.32 Å². The van der Waals surface area contributed by atoms with Crippen molar-refractivity contribution in [3.8, 4) is 0 Å². The summed E-state index contributed by atoms with van der Waals surface area (Å²) in [6.45, 7) is 4.33. The second-order valence-corrected chi connectivity index (χ2v) is 11.6. The topological polar surface area (TPSA) is 69.6 Å². The lowest BCUT2D eigenvalue weighted by Gasteiger charge is -2.22. The van der Waals surface area contributed by atoms with Gasteiger partial charge in [-0.25, -0.2) is 0 Å². The molecule has 0 aromatic rings. The lowest BCUT2D eigenvalue weighted by Crippen LogP contribution is -2.45. The van der Waals surface area contributed by atoms with Gasteiger partial charge in [0.2, 0.25) is 5.91 Å². The minimum Gasteiger partial charge on any atom is -0.394 e. The first-order valence-electron chi connectivity index (χ1n) is 16.9. The maximum atomic E-state index is 12.3. The van der Waals surface area contributed by atoms with E-state index < -0.39 is 12.1 Å². The third-order valence-electron chi connectivity index (χ3n) is 7.78. The summed E-state index contributed by atoms with van der Waals surface area (Å²) in [7, 11) is 0. The molecule has 0 heterocycles. The summed E-state index contributed by atoms with van der Waals surface area (Å²) in [6, 6.07) is -0.537. The molecule has 0 aromatic heterocycles. The van der Waals surface area contributed by atoms with Crippen molar-refractivity contribution in [3.63, 3.8) is 0 Å². The molecule has 0 spiro atoms. The van der Waals surface area contributed by atoms with Gasteiger partial charge in [0.1, 0.15) is 0 Å². The fourth-order valence-corrected chi connectivity index (χ4v) is 5.12. The third-order valence-corrected chi connectivity index (χ3v) is 7.78. The predicted octanol–water partition coefficient (Wildman–Crippen LogP) is 9.56. The van der Waals surface area contributed by atoms with Crippen LogP contribution in [0.25, 0.3) is 0 Å². The van der Waals surface area contributed by atoms with Gasteiger partial charge in [0.15, 0.2) is 0 Å². The van der Waals surface area contributed by atoms with Crippen molar-refractivity contribution in [2.75, 3.05) is 6.61 Å². The Kier molecular flexibility index (Phi) is 30.0. The van der Waals surface area contributed by atoms with Crippen LogP contribution in [0.2, 0.25) is 0 Å². The molecule has 0 radical (unpaired) electrons. The van der Waals surface area contributed by atoms with Crippen LogP contribution in [-0.4, -0.2) is 34.9 Å². The van der Waals surface area contributed by atoms with Crippen LogP contribution in [0.4, 0.5) is 0 Å². The molecule has 0 rings (SSSR count). The number of rotatable bonds is 30. The Morgan fingerprint density at radius 1 is 0.605 bits per heavy atom. The zero-order valence-corrected chi connectivity index (χ0v) is 25.7. The van der Waals surface area contributed by atoms with E-state index in [1.165, 1.54) is 116 Å². The van der Waals surface area contributed by atoms with E-state index >= 15 is 0 Å². The van der Waals surface area contributed by atoms with Crippen molar-refractivity contribution in [2.24, 2.45) is 0 Å². The number of carbonyl (C=O) groups is 1. The van der Waals surface area contributed by atoms with Crippen molar-refractivity contribution in [2.45, 2.75) is 193 Å². The van der Waals surface area contributed by atoms with Crippen molar-refractivity contribution >= 4 is 5.91 Å². The van der Waals surface area contributed by atoms with E-state index in [-0.39, 0.29) is 12.5 Å². The molecular formula is C34H67NO3. The summed E-state index contributed by atoms with van der Waals surface area (Å²) >= 11 is 0. The Hall–Kier alpha value is -0.870. The number of hydrogen-bond donors (Lipinski definition) is 3. The summed E-state index contributed by atoms with van der Waals surface area (Å²) in [5.41, 5.74) is 0. The van der Waals surface area contributed by atoms with E-state index in [9.17, 15) is 15.0 Å². The summed E-state index contributed by atoms with van der Waals surface area (Å²) in [6.07, 6.45) is 35.4. The lowest BCUT2D eigenvalue weighted by atomic mass is 10.0. The van der Waals surface area contributed by atoms with Gasteiger partial charge in [-0.15, -0.1) is 0 Å². The molecule has 0 aromatic carbocycles. The van der Waals surface area contributed by atoms with Crippen LogP contribution in [0.5, 0.6) is 0 Å². The number of nitrogens with one attached hydrogen (secondary N) is 1. The van der Waals surface area contributed by atoms with Crippen LogP contribution in [0.1, 0.15) is 181 Å². The first-order valence-corrected chi connectivity index (χ1v) is 16.9. The van der Waals surface area contributed by atoms with Crippen LogP contribution in [0, 0.1) is 0 Å². The summed E-state index contributed by atoms with van der Waals surface area (Å²) in [4.78, 5) is 12.3. The number of allylic oxidation sites excluding steroid dienone is 2. The van der Waals surface area contributed by atoms with Gasteiger partial charge in [0.05, 0.1) is 18.8 Å². The molecule has 4 heteroatoms. The number of amides is 1. The maximum absolute atomic E-state index is 12.3. The molecule has 0 fully saturated rings. The average molecular weight is 538 g/mol. The van der Waals surface area contributed by atoms with E-state index in [0.717, 1.165) is 38.5 Å². The Bertz CT molecular complexity index is 508. The first-order chi connectivity index (χ1) is 18.7. The van der Waals surface area contributed by atoms with Gasteiger partial charge in [0.25, 0.3) is 0 Å². The fourth-order valence-electron chi connectivity index (χ4n) is 5.12. The minimum atomic E-state index is -0.659. The maximum Gasteiger partial charge on any atom is 0.220 e. The molecule has 4 nitrogen and oxygen atoms in total. The molecule has 226 valence electrons. The normalized spacial score (nSPS) is 13.3. The van der Waals surface area contributed by atoms with Gasteiger partial charge in [-0.05, 0) is 38.5 Å². The third kappa shape index (κ3) is 26.7. The van der Waals surface area contributed by atoms with Crippen molar-refractivity contribution in [1.29, 1.82) is 0 Å². The average Bonchev–Trinajstić information content (AvgIpc) is 2.92. The predicted molar refractivity (Wildman–Crippen MR) is 166 cm³/mol. The molecule has 0 bridgehead atoms. The Morgan fingerprint density at radius 2 is 1.00 bits per heavy atom. The van der Waals surface area contributed by atoms with Gasteiger partial charge < -0.3 is 15.5 Å². The van der Waals surface area contributed by atoms with Crippen molar-refractivity contribution < 1.29 is 15.0 Å². The van der Waals surface area contributed by atoms with Crippen molar-refractivity contribution in [3.05, 3.63) is 12.2 Å². The number of unbranched alkanes of at least 4 members (excludes halogenated alkanes) is 21. The Labute approximate surface area is 237 Å². The zero-order chi connectivity index (χ0) is 27.9. The Balaban J connectivity index is 3.61. The molecule has 2 unspecified atom stereocenters. The summed E-state index contributed by atoms with van der Waals surface area (Å²) in [5, 5.41) is 22.9. The minimum absolute atomic E-state index is 0.0490.